The highest BCUT2D eigenvalue weighted by molar-refractivity contribution is 7.89. The number of morpholine rings is 1. The smallest absolute Gasteiger partial charge is 0.257 e. The molecule has 168 valence electrons. The summed E-state index contributed by atoms with van der Waals surface area (Å²) in [7, 11) is -3.74. The summed E-state index contributed by atoms with van der Waals surface area (Å²) >= 11 is 1.29. The second-order valence-electron chi connectivity index (χ2n) is 7.72. The quantitative estimate of drug-likeness (QED) is 0.591. The van der Waals surface area contributed by atoms with E-state index < -0.39 is 15.9 Å². The molecule has 0 bridgehead atoms. The van der Waals surface area contributed by atoms with Crippen LogP contribution in [0.3, 0.4) is 0 Å². The van der Waals surface area contributed by atoms with Gasteiger partial charge in [-0.25, -0.2) is 8.42 Å². The molecular weight excluding hydrogens is 448 g/mol. The summed E-state index contributed by atoms with van der Waals surface area (Å²) in [6.07, 6.45) is 0.239. The molecule has 2 heterocycles. The highest BCUT2D eigenvalue weighted by atomic mass is 32.2. The van der Waals surface area contributed by atoms with Crippen LogP contribution in [0.5, 0.6) is 0 Å². The Labute approximate surface area is 191 Å². The third kappa shape index (κ3) is 5.21. The number of ether oxygens (including phenoxy) is 1. The molecule has 0 aliphatic carbocycles. The van der Waals surface area contributed by atoms with Crippen LogP contribution in [0.2, 0.25) is 0 Å². The molecule has 1 aliphatic heterocycles. The number of rotatable bonds is 6. The van der Waals surface area contributed by atoms with Crippen LogP contribution >= 0.6 is 11.3 Å². The molecule has 1 fully saturated rings. The molecule has 0 unspecified atom stereocenters. The first-order chi connectivity index (χ1) is 15.3. The third-order valence-corrected chi connectivity index (χ3v) is 7.67. The number of sulfonamides is 1. The molecule has 1 N–H and O–H groups in total. The Balaban J connectivity index is 1.47. The lowest BCUT2D eigenvalue weighted by Gasteiger charge is -2.34. The van der Waals surface area contributed by atoms with Gasteiger partial charge in [-0.2, -0.15) is 4.31 Å². The maximum absolute atomic E-state index is 13.1. The molecule has 0 saturated carbocycles. The molecule has 0 spiro atoms. The average molecular weight is 473 g/mol. The largest absolute Gasteiger partial charge is 0.373 e. The summed E-state index contributed by atoms with van der Waals surface area (Å²) in [4.78, 5) is 12.8. The highest BCUT2D eigenvalue weighted by Crippen LogP contribution is 2.23. The maximum Gasteiger partial charge on any atom is 0.257 e. The molecule has 1 amide bonds. The van der Waals surface area contributed by atoms with E-state index in [-0.39, 0.29) is 35.8 Å². The summed E-state index contributed by atoms with van der Waals surface area (Å²) < 4.78 is 33.3. The van der Waals surface area contributed by atoms with Crippen molar-refractivity contribution < 1.29 is 17.9 Å². The maximum atomic E-state index is 13.1. The van der Waals surface area contributed by atoms with Crippen LogP contribution in [0.15, 0.2) is 59.5 Å². The Morgan fingerprint density at radius 2 is 1.81 bits per heavy atom. The number of hydrogen-bond donors (Lipinski definition) is 1. The molecule has 1 aromatic heterocycles. The number of nitrogens with zero attached hydrogens (tertiary/aromatic N) is 3. The van der Waals surface area contributed by atoms with E-state index in [0.717, 1.165) is 10.6 Å². The number of hydrogen-bond acceptors (Lipinski definition) is 7. The lowest BCUT2D eigenvalue weighted by molar-refractivity contribution is -0.0440. The normalized spacial score (nSPS) is 19.6. The Kier molecular flexibility index (Phi) is 6.66. The minimum absolute atomic E-state index is 0.0773. The number of anilines is 1. The Hall–Kier alpha value is -2.66. The van der Waals surface area contributed by atoms with Crippen molar-refractivity contribution in [2.24, 2.45) is 0 Å². The van der Waals surface area contributed by atoms with Crippen LogP contribution < -0.4 is 5.32 Å². The third-order valence-electron chi connectivity index (χ3n) is 5.01. The van der Waals surface area contributed by atoms with Crippen molar-refractivity contribution in [1.29, 1.82) is 0 Å². The topological polar surface area (TPSA) is 101 Å². The van der Waals surface area contributed by atoms with Crippen LogP contribution in [0.25, 0.3) is 0 Å². The summed E-state index contributed by atoms with van der Waals surface area (Å²) in [6.45, 7) is 4.24. The fraction of sp³-hybridized carbons (Fsp3) is 0.318. The van der Waals surface area contributed by atoms with Gasteiger partial charge in [0.1, 0.15) is 5.01 Å². The highest BCUT2D eigenvalue weighted by Gasteiger charge is 2.32. The molecule has 2 atom stereocenters. The van der Waals surface area contributed by atoms with Crippen molar-refractivity contribution in [2.75, 3.05) is 18.4 Å². The molecule has 10 heteroatoms. The van der Waals surface area contributed by atoms with Gasteiger partial charge < -0.3 is 4.74 Å². The Morgan fingerprint density at radius 3 is 2.53 bits per heavy atom. The molecular formula is C22H24N4O4S2. The summed E-state index contributed by atoms with van der Waals surface area (Å²) in [6, 6.07) is 15.9. The molecule has 2 aromatic carbocycles. The molecule has 4 rings (SSSR count). The van der Waals surface area contributed by atoms with E-state index in [4.69, 9.17) is 4.74 Å². The van der Waals surface area contributed by atoms with E-state index in [1.807, 2.05) is 44.2 Å². The lowest BCUT2D eigenvalue weighted by Crippen LogP contribution is -2.48. The number of amides is 1. The van der Waals surface area contributed by atoms with E-state index >= 15 is 0 Å². The average Bonchev–Trinajstić information content (AvgIpc) is 3.20. The van der Waals surface area contributed by atoms with Gasteiger partial charge in [-0.05, 0) is 37.6 Å². The van der Waals surface area contributed by atoms with Gasteiger partial charge >= 0.3 is 0 Å². The van der Waals surface area contributed by atoms with Crippen molar-refractivity contribution >= 4 is 32.4 Å². The number of nitrogens with one attached hydrogen (secondary N) is 1. The van der Waals surface area contributed by atoms with Crippen LogP contribution in [-0.2, 0) is 21.2 Å². The lowest BCUT2D eigenvalue weighted by atomic mass is 10.2. The van der Waals surface area contributed by atoms with E-state index in [2.05, 4.69) is 15.5 Å². The van der Waals surface area contributed by atoms with Crippen molar-refractivity contribution in [3.05, 3.63) is 70.7 Å². The SMILES string of the molecule is C[C@@H]1CN(S(=O)(=O)c2cccc(C(=O)Nc3nnc(Cc4ccccc4)s3)c2)C[C@H](C)O1. The zero-order valence-electron chi connectivity index (χ0n) is 17.8. The number of carbonyl (C=O) groups is 1. The first kappa shape index (κ1) is 22.5. The predicted molar refractivity (Wildman–Crippen MR) is 122 cm³/mol. The molecule has 1 aliphatic rings. The Morgan fingerprint density at radius 1 is 1.09 bits per heavy atom. The van der Waals surface area contributed by atoms with Crippen molar-refractivity contribution in [3.63, 3.8) is 0 Å². The van der Waals surface area contributed by atoms with Crippen molar-refractivity contribution in [1.82, 2.24) is 14.5 Å². The molecule has 3 aromatic rings. The molecule has 32 heavy (non-hydrogen) atoms. The minimum Gasteiger partial charge on any atom is -0.373 e. The van der Waals surface area contributed by atoms with Crippen LogP contribution in [-0.4, -0.2) is 54.1 Å². The van der Waals surface area contributed by atoms with E-state index in [1.165, 1.54) is 27.8 Å². The van der Waals surface area contributed by atoms with Gasteiger partial charge in [0.25, 0.3) is 5.91 Å². The van der Waals surface area contributed by atoms with Gasteiger partial charge in [-0.1, -0.05) is 47.7 Å². The van der Waals surface area contributed by atoms with Gasteiger partial charge in [-0.3, -0.25) is 10.1 Å². The zero-order chi connectivity index (χ0) is 22.7. The fourth-order valence-electron chi connectivity index (χ4n) is 3.59. The molecule has 1 saturated heterocycles. The standard InChI is InChI=1S/C22H24N4O4S2/c1-15-13-26(14-16(2)30-15)32(28,29)19-10-6-9-18(12-19)21(27)23-22-25-24-20(31-22)11-17-7-4-3-5-8-17/h3-10,12,15-16H,11,13-14H2,1-2H3,(H,23,25,27)/t15-,16+. The van der Waals surface area contributed by atoms with Crippen LogP contribution in [0.4, 0.5) is 5.13 Å². The number of benzene rings is 2. The van der Waals surface area contributed by atoms with E-state index in [0.29, 0.717) is 11.6 Å². The van der Waals surface area contributed by atoms with Gasteiger partial charge in [0.2, 0.25) is 15.2 Å². The number of carbonyl (C=O) groups excluding carboxylic acids is 1. The van der Waals surface area contributed by atoms with Gasteiger partial charge in [0.15, 0.2) is 0 Å². The van der Waals surface area contributed by atoms with Gasteiger partial charge in [0.05, 0.1) is 17.1 Å². The Bertz CT molecular complexity index is 1190. The zero-order valence-corrected chi connectivity index (χ0v) is 19.4. The van der Waals surface area contributed by atoms with Crippen LogP contribution in [0, 0.1) is 0 Å². The van der Waals surface area contributed by atoms with E-state index in [1.54, 1.807) is 12.1 Å². The summed E-state index contributed by atoms with van der Waals surface area (Å²) in [5, 5.41) is 12.0. The second kappa shape index (κ2) is 9.45. The molecule has 0 radical (unpaired) electrons. The van der Waals surface area contributed by atoms with Gasteiger partial charge in [0, 0.05) is 25.1 Å². The first-order valence-corrected chi connectivity index (χ1v) is 12.5. The minimum atomic E-state index is -3.74. The first-order valence-electron chi connectivity index (χ1n) is 10.2. The van der Waals surface area contributed by atoms with E-state index in [9.17, 15) is 13.2 Å². The summed E-state index contributed by atoms with van der Waals surface area (Å²) in [5.74, 6) is -0.437. The van der Waals surface area contributed by atoms with Crippen LogP contribution in [0.1, 0.15) is 34.8 Å². The van der Waals surface area contributed by atoms with Crippen molar-refractivity contribution in [2.45, 2.75) is 37.4 Å². The monoisotopic (exact) mass is 472 g/mol. The van der Waals surface area contributed by atoms with Crippen molar-refractivity contribution in [3.8, 4) is 0 Å². The fourth-order valence-corrected chi connectivity index (χ4v) is 6.00. The second-order valence-corrected chi connectivity index (χ2v) is 10.7. The predicted octanol–water partition coefficient (Wildman–Crippen LogP) is 3.18. The molecule has 8 nitrogen and oxygen atoms in total. The van der Waals surface area contributed by atoms with Gasteiger partial charge in [-0.15, -0.1) is 10.2 Å². The number of aromatic nitrogens is 2. The summed E-state index contributed by atoms with van der Waals surface area (Å²) in [5.41, 5.74) is 1.34.